The number of aryl methyl sites for hydroxylation is 1. The Balaban J connectivity index is 1.85. The van der Waals surface area contributed by atoms with E-state index in [0.29, 0.717) is 6.04 Å². The van der Waals surface area contributed by atoms with Gasteiger partial charge >= 0.3 is 0 Å². The van der Waals surface area contributed by atoms with Gasteiger partial charge in [-0.1, -0.05) is 0 Å². The number of hydrogen-bond acceptors (Lipinski definition) is 4. The van der Waals surface area contributed by atoms with Crippen LogP contribution >= 0.6 is 0 Å². The van der Waals surface area contributed by atoms with Gasteiger partial charge in [0.25, 0.3) is 0 Å². The molecule has 0 radical (unpaired) electrons. The van der Waals surface area contributed by atoms with E-state index < -0.39 is 0 Å². The van der Waals surface area contributed by atoms with Crippen molar-refractivity contribution >= 4 is 5.95 Å². The summed E-state index contributed by atoms with van der Waals surface area (Å²) in [5.74, 6) is 0.735. The summed E-state index contributed by atoms with van der Waals surface area (Å²) in [7, 11) is 0. The van der Waals surface area contributed by atoms with Crippen LogP contribution in [0.2, 0.25) is 0 Å². The van der Waals surface area contributed by atoms with Crippen molar-refractivity contribution in [1.82, 2.24) is 15.3 Å². The highest BCUT2D eigenvalue weighted by Gasteiger charge is 2.13. The Bertz CT molecular complexity index is 294. The Labute approximate surface area is 84.2 Å². The van der Waals surface area contributed by atoms with E-state index in [-0.39, 0.29) is 0 Å². The SMILES string of the molecule is Cc1ccnc(NC[C@H]2CCCN2)n1. The Kier molecular flexibility index (Phi) is 2.93. The summed E-state index contributed by atoms with van der Waals surface area (Å²) in [5.41, 5.74) is 1.00. The molecule has 0 aliphatic carbocycles. The normalized spacial score (nSPS) is 21.1. The average molecular weight is 192 g/mol. The van der Waals surface area contributed by atoms with Crippen molar-refractivity contribution in [3.05, 3.63) is 18.0 Å². The second kappa shape index (κ2) is 4.37. The third kappa shape index (κ3) is 2.42. The minimum atomic E-state index is 0.583. The summed E-state index contributed by atoms with van der Waals surface area (Å²) in [6.07, 6.45) is 4.31. The zero-order valence-corrected chi connectivity index (χ0v) is 8.45. The highest BCUT2D eigenvalue weighted by atomic mass is 15.1. The van der Waals surface area contributed by atoms with Crippen LogP contribution in [-0.2, 0) is 0 Å². The molecule has 2 rings (SSSR count). The minimum Gasteiger partial charge on any atom is -0.353 e. The fraction of sp³-hybridized carbons (Fsp3) is 0.600. The third-order valence-corrected chi connectivity index (χ3v) is 2.46. The standard InChI is InChI=1S/C10H16N4/c1-8-4-6-12-10(14-8)13-7-9-3-2-5-11-9/h4,6,9,11H,2-3,5,7H2,1H3,(H,12,13,14)/t9-/m1/s1. The molecule has 1 aliphatic rings. The molecule has 0 saturated carbocycles. The molecule has 1 saturated heterocycles. The van der Waals surface area contributed by atoms with Crippen LogP contribution in [0.15, 0.2) is 12.3 Å². The molecule has 2 N–H and O–H groups in total. The predicted molar refractivity (Wildman–Crippen MR) is 56.3 cm³/mol. The van der Waals surface area contributed by atoms with Gasteiger partial charge in [-0.05, 0) is 32.4 Å². The van der Waals surface area contributed by atoms with Crippen LogP contribution in [0.3, 0.4) is 0 Å². The number of nitrogens with one attached hydrogen (secondary N) is 2. The maximum absolute atomic E-state index is 4.28. The number of aromatic nitrogens is 2. The average Bonchev–Trinajstić information content (AvgIpc) is 2.67. The van der Waals surface area contributed by atoms with E-state index in [1.807, 2.05) is 13.0 Å². The Hall–Kier alpha value is -1.16. The zero-order chi connectivity index (χ0) is 9.80. The lowest BCUT2D eigenvalue weighted by molar-refractivity contribution is 0.631. The number of anilines is 1. The maximum Gasteiger partial charge on any atom is 0.222 e. The topological polar surface area (TPSA) is 49.8 Å². The molecule has 4 nitrogen and oxygen atoms in total. The van der Waals surface area contributed by atoms with E-state index in [4.69, 9.17) is 0 Å². The van der Waals surface area contributed by atoms with E-state index in [1.165, 1.54) is 12.8 Å². The molecule has 0 spiro atoms. The molecule has 0 amide bonds. The molecule has 0 unspecified atom stereocenters. The summed E-state index contributed by atoms with van der Waals surface area (Å²) in [5, 5.41) is 6.67. The van der Waals surface area contributed by atoms with Crippen molar-refractivity contribution in [2.45, 2.75) is 25.8 Å². The van der Waals surface area contributed by atoms with Crippen LogP contribution in [0.5, 0.6) is 0 Å². The predicted octanol–water partition coefficient (Wildman–Crippen LogP) is 0.949. The van der Waals surface area contributed by atoms with Gasteiger partial charge in [0.15, 0.2) is 0 Å². The first-order valence-corrected chi connectivity index (χ1v) is 5.11. The van der Waals surface area contributed by atoms with E-state index >= 15 is 0 Å². The van der Waals surface area contributed by atoms with Crippen LogP contribution in [0.4, 0.5) is 5.95 Å². The van der Waals surface area contributed by atoms with Crippen molar-refractivity contribution in [2.24, 2.45) is 0 Å². The van der Waals surface area contributed by atoms with E-state index in [1.54, 1.807) is 6.20 Å². The molecule has 1 aromatic rings. The zero-order valence-electron chi connectivity index (χ0n) is 8.45. The van der Waals surface area contributed by atoms with Crippen molar-refractivity contribution < 1.29 is 0 Å². The van der Waals surface area contributed by atoms with Crippen LogP contribution in [0.25, 0.3) is 0 Å². The lowest BCUT2D eigenvalue weighted by Crippen LogP contribution is -2.29. The summed E-state index contributed by atoms with van der Waals surface area (Å²) < 4.78 is 0. The van der Waals surface area contributed by atoms with Crippen LogP contribution in [0, 0.1) is 6.92 Å². The minimum absolute atomic E-state index is 0.583. The van der Waals surface area contributed by atoms with Gasteiger partial charge in [-0.25, -0.2) is 9.97 Å². The molecular formula is C10H16N4. The molecule has 1 aromatic heterocycles. The Morgan fingerprint density at radius 1 is 1.64 bits per heavy atom. The van der Waals surface area contributed by atoms with Crippen molar-refractivity contribution in [3.63, 3.8) is 0 Å². The third-order valence-electron chi connectivity index (χ3n) is 2.46. The molecule has 1 aliphatic heterocycles. The Morgan fingerprint density at radius 3 is 3.29 bits per heavy atom. The van der Waals surface area contributed by atoms with Gasteiger partial charge in [-0.15, -0.1) is 0 Å². The number of hydrogen-bond donors (Lipinski definition) is 2. The second-order valence-electron chi connectivity index (χ2n) is 3.70. The first-order chi connectivity index (χ1) is 6.84. The monoisotopic (exact) mass is 192 g/mol. The van der Waals surface area contributed by atoms with Crippen molar-refractivity contribution in [1.29, 1.82) is 0 Å². The highest BCUT2D eigenvalue weighted by molar-refractivity contribution is 5.24. The van der Waals surface area contributed by atoms with Gasteiger partial charge in [-0.3, -0.25) is 0 Å². The van der Waals surface area contributed by atoms with Crippen LogP contribution in [0.1, 0.15) is 18.5 Å². The van der Waals surface area contributed by atoms with Crippen LogP contribution < -0.4 is 10.6 Å². The van der Waals surface area contributed by atoms with Gasteiger partial charge in [-0.2, -0.15) is 0 Å². The van der Waals surface area contributed by atoms with Crippen LogP contribution in [-0.4, -0.2) is 29.1 Å². The fourth-order valence-electron chi connectivity index (χ4n) is 1.68. The summed E-state index contributed by atoms with van der Waals surface area (Å²) in [6.45, 7) is 4.03. The summed E-state index contributed by atoms with van der Waals surface area (Å²) >= 11 is 0. The first-order valence-electron chi connectivity index (χ1n) is 5.11. The molecule has 0 aromatic carbocycles. The smallest absolute Gasteiger partial charge is 0.222 e. The first kappa shape index (κ1) is 9.40. The lowest BCUT2D eigenvalue weighted by Gasteiger charge is -2.11. The summed E-state index contributed by atoms with van der Waals surface area (Å²) in [4.78, 5) is 8.43. The molecule has 1 fully saturated rings. The molecule has 4 heteroatoms. The second-order valence-corrected chi connectivity index (χ2v) is 3.70. The number of rotatable bonds is 3. The maximum atomic E-state index is 4.28. The van der Waals surface area contributed by atoms with Gasteiger partial charge in [0.2, 0.25) is 5.95 Å². The van der Waals surface area contributed by atoms with Gasteiger partial charge < -0.3 is 10.6 Å². The molecule has 1 atom stereocenters. The highest BCUT2D eigenvalue weighted by Crippen LogP contribution is 2.06. The lowest BCUT2D eigenvalue weighted by atomic mass is 10.2. The quantitative estimate of drug-likeness (QED) is 0.748. The molecular weight excluding hydrogens is 176 g/mol. The largest absolute Gasteiger partial charge is 0.353 e. The Morgan fingerprint density at radius 2 is 2.57 bits per heavy atom. The van der Waals surface area contributed by atoms with Gasteiger partial charge in [0, 0.05) is 24.5 Å². The molecule has 76 valence electrons. The van der Waals surface area contributed by atoms with E-state index in [9.17, 15) is 0 Å². The fourth-order valence-corrected chi connectivity index (χ4v) is 1.68. The number of nitrogens with zero attached hydrogens (tertiary/aromatic N) is 2. The molecule has 14 heavy (non-hydrogen) atoms. The summed E-state index contributed by atoms with van der Waals surface area (Å²) in [6, 6.07) is 2.48. The van der Waals surface area contributed by atoms with Crippen molar-refractivity contribution in [3.8, 4) is 0 Å². The van der Waals surface area contributed by atoms with Crippen molar-refractivity contribution in [2.75, 3.05) is 18.4 Å². The van der Waals surface area contributed by atoms with E-state index in [2.05, 4.69) is 20.6 Å². The molecule has 0 bridgehead atoms. The van der Waals surface area contributed by atoms with Gasteiger partial charge in [0.05, 0.1) is 0 Å². The van der Waals surface area contributed by atoms with Gasteiger partial charge in [0.1, 0.15) is 0 Å². The molecule has 2 heterocycles. The van der Waals surface area contributed by atoms with E-state index in [0.717, 1.165) is 24.7 Å².